The molecule has 3 rings (SSSR count). The van der Waals surface area contributed by atoms with Crippen LogP contribution in [0.15, 0.2) is 11.2 Å². The minimum Gasteiger partial charge on any atom is -0.269 e. The second-order valence-corrected chi connectivity index (χ2v) is 5.79. The zero-order valence-electron chi connectivity index (χ0n) is 14.9. The molecule has 0 saturated heterocycles. The zero-order valence-corrected chi connectivity index (χ0v) is 14.9. The van der Waals surface area contributed by atoms with Crippen LogP contribution in [-0.4, -0.2) is 41.5 Å². The van der Waals surface area contributed by atoms with Gasteiger partial charge in [-0.1, -0.05) is 0 Å². The van der Waals surface area contributed by atoms with E-state index in [9.17, 15) is 4.79 Å². The molecule has 0 bridgehead atoms. The Kier molecular flexibility index (Phi) is 4.30. The van der Waals surface area contributed by atoms with Crippen LogP contribution >= 0.6 is 0 Å². The van der Waals surface area contributed by atoms with Crippen LogP contribution in [0.5, 0.6) is 0 Å². The van der Waals surface area contributed by atoms with E-state index in [0.717, 1.165) is 34.9 Å². The Hall–Kier alpha value is -3.10. The highest BCUT2D eigenvalue weighted by Crippen LogP contribution is 2.10. The molecule has 1 amide bonds. The summed E-state index contributed by atoms with van der Waals surface area (Å²) in [5.74, 6) is -0.0735. The number of carbonyl (C=O) groups excluding carboxylic acids is 1. The Morgan fingerprint density at radius 2 is 2.00 bits per heavy atom. The van der Waals surface area contributed by atoms with Crippen LogP contribution in [-0.2, 0) is 6.54 Å². The maximum absolute atomic E-state index is 12.2. The molecule has 0 atom stereocenters. The van der Waals surface area contributed by atoms with Gasteiger partial charge in [-0.25, -0.2) is 14.9 Å². The Bertz CT molecular complexity index is 982. The van der Waals surface area contributed by atoms with E-state index in [0.29, 0.717) is 5.78 Å². The van der Waals surface area contributed by atoms with Crippen molar-refractivity contribution in [3.8, 4) is 0 Å². The fraction of sp³-hybridized carbons (Fsp3) is 0.375. The van der Waals surface area contributed by atoms with Gasteiger partial charge in [0.2, 0.25) is 5.82 Å². The number of amides is 1. The van der Waals surface area contributed by atoms with Crippen molar-refractivity contribution in [2.45, 2.75) is 41.2 Å². The number of hydrogen-bond acceptors (Lipinski definition) is 6. The third-order valence-corrected chi connectivity index (χ3v) is 3.92. The van der Waals surface area contributed by atoms with Crippen LogP contribution in [0, 0.1) is 27.7 Å². The monoisotopic (exact) mass is 340 g/mol. The third kappa shape index (κ3) is 3.12. The predicted octanol–water partition coefficient (Wildman–Crippen LogP) is 1.34. The lowest BCUT2D eigenvalue weighted by Crippen LogP contribution is -2.19. The highest BCUT2D eigenvalue weighted by atomic mass is 16.2. The maximum Gasteiger partial charge on any atom is 0.311 e. The summed E-state index contributed by atoms with van der Waals surface area (Å²) in [5, 5.41) is 12.6. The van der Waals surface area contributed by atoms with Gasteiger partial charge >= 0.3 is 5.91 Å². The molecule has 1 N–H and O–H groups in total. The number of fused-ring (bicyclic) bond motifs is 1. The van der Waals surface area contributed by atoms with Gasteiger partial charge in [0, 0.05) is 29.2 Å². The van der Waals surface area contributed by atoms with E-state index in [-0.39, 0.29) is 5.82 Å². The van der Waals surface area contributed by atoms with Gasteiger partial charge in [0.1, 0.15) is 0 Å². The molecule has 0 unspecified atom stereocenters. The van der Waals surface area contributed by atoms with Gasteiger partial charge in [0.05, 0.1) is 11.9 Å². The molecule has 0 saturated carbocycles. The van der Waals surface area contributed by atoms with Crippen molar-refractivity contribution in [3.05, 3.63) is 40.2 Å². The number of carbonyl (C=O) groups is 1. The molecular weight excluding hydrogens is 320 g/mol. The minimum absolute atomic E-state index is 0.0241. The van der Waals surface area contributed by atoms with Crippen LogP contribution < -0.4 is 5.43 Å². The number of nitrogens with zero attached hydrogens (tertiary/aromatic N) is 7. The molecule has 0 spiro atoms. The van der Waals surface area contributed by atoms with Crippen LogP contribution in [0.3, 0.4) is 0 Å². The van der Waals surface area contributed by atoms with Gasteiger partial charge in [-0.3, -0.25) is 9.48 Å². The lowest BCUT2D eigenvalue weighted by Gasteiger charge is -1.98. The SMILES string of the molecule is CCn1nc(C)c(/C=N\NC(=O)c2nc3nc(C)cc(C)n3n2)c1C. The first-order valence-electron chi connectivity index (χ1n) is 7.99. The largest absolute Gasteiger partial charge is 0.311 e. The fourth-order valence-electron chi connectivity index (χ4n) is 2.67. The Morgan fingerprint density at radius 3 is 2.68 bits per heavy atom. The van der Waals surface area contributed by atoms with Gasteiger partial charge in [-0.15, -0.1) is 5.10 Å². The van der Waals surface area contributed by atoms with E-state index >= 15 is 0 Å². The summed E-state index contributed by atoms with van der Waals surface area (Å²) in [6, 6.07) is 1.87. The lowest BCUT2D eigenvalue weighted by molar-refractivity contribution is 0.0945. The molecule has 0 aromatic carbocycles. The lowest BCUT2D eigenvalue weighted by atomic mass is 10.2. The van der Waals surface area contributed by atoms with Gasteiger partial charge in [0.25, 0.3) is 5.78 Å². The summed E-state index contributed by atoms with van der Waals surface area (Å²) in [6.07, 6.45) is 1.59. The van der Waals surface area contributed by atoms with Crippen molar-refractivity contribution in [1.82, 2.24) is 34.8 Å². The smallest absolute Gasteiger partial charge is 0.269 e. The van der Waals surface area contributed by atoms with E-state index in [2.05, 4.69) is 30.7 Å². The van der Waals surface area contributed by atoms with Crippen LogP contribution in [0.4, 0.5) is 0 Å². The van der Waals surface area contributed by atoms with Crippen LogP contribution in [0.2, 0.25) is 0 Å². The van der Waals surface area contributed by atoms with Crippen LogP contribution in [0.1, 0.15) is 45.9 Å². The van der Waals surface area contributed by atoms with E-state index < -0.39 is 5.91 Å². The second kappa shape index (κ2) is 6.42. The summed E-state index contributed by atoms with van der Waals surface area (Å²) in [4.78, 5) is 20.6. The normalized spacial score (nSPS) is 11.6. The summed E-state index contributed by atoms with van der Waals surface area (Å²) in [5.41, 5.74) is 6.88. The van der Waals surface area contributed by atoms with Gasteiger partial charge < -0.3 is 0 Å². The average molecular weight is 340 g/mol. The Balaban J connectivity index is 1.79. The average Bonchev–Trinajstić information content (AvgIpc) is 3.10. The number of aryl methyl sites for hydroxylation is 4. The van der Waals surface area contributed by atoms with Crippen molar-refractivity contribution < 1.29 is 4.79 Å². The summed E-state index contributed by atoms with van der Waals surface area (Å²) in [7, 11) is 0. The first-order valence-corrected chi connectivity index (χ1v) is 7.99. The standard InChI is InChI=1S/C16H20N8O/c1-6-23-12(5)13(11(4)21-23)8-17-20-15(25)14-19-16-18-9(2)7-10(3)24(16)22-14/h7-8H,6H2,1-5H3,(H,20,25)/b17-8-. The fourth-order valence-corrected chi connectivity index (χ4v) is 2.67. The Labute approximate surface area is 144 Å². The van der Waals surface area contributed by atoms with Crippen molar-refractivity contribution in [1.29, 1.82) is 0 Å². The molecule has 3 heterocycles. The Morgan fingerprint density at radius 1 is 1.24 bits per heavy atom. The molecule has 0 aliphatic heterocycles. The number of nitrogens with one attached hydrogen (secondary N) is 1. The minimum atomic E-state index is -0.489. The van der Waals surface area contributed by atoms with Gasteiger partial charge in [0.15, 0.2) is 0 Å². The van der Waals surface area contributed by atoms with E-state index in [1.807, 2.05) is 45.4 Å². The van der Waals surface area contributed by atoms with Gasteiger partial charge in [-0.05, 0) is 40.7 Å². The summed E-state index contributed by atoms with van der Waals surface area (Å²) in [6.45, 7) is 10.4. The number of hydrogen-bond donors (Lipinski definition) is 1. The van der Waals surface area contributed by atoms with Crippen molar-refractivity contribution in [2.24, 2.45) is 5.10 Å². The number of rotatable bonds is 4. The van der Waals surface area contributed by atoms with Crippen molar-refractivity contribution in [3.63, 3.8) is 0 Å². The molecule has 0 aliphatic rings. The van der Waals surface area contributed by atoms with Crippen molar-refractivity contribution >= 4 is 17.9 Å². The van der Waals surface area contributed by atoms with Crippen LogP contribution in [0.25, 0.3) is 5.78 Å². The number of aromatic nitrogens is 6. The quantitative estimate of drug-likeness (QED) is 0.570. The topological polar surface area (TPSA) is 102 Å². The first kappa shape index (κ1) is 16.7. The molecule has 0 fully saturated rings. The summed E-state index contributed by atoms with van der Waals surface area (Å²) < 4.78 is 3.42. The molecule has 25 heavy (non-hydrogen) atoms. The zero-order chi connectivity index (χ0) is 18.1. The van der Waals surface area contributed by atoms with Gasteiger partial charge in [-0.2, -0.15) is 15.2 Å². The molecule has 3 aromatic rings. The molecule has 0 aliphatic carbocycles. The number of hydrazone groups is 1. The van der Waals surface area contributed by atoms with E-state index in [1.54, 1.807) is 6.21 Å². The highest BCUT2D eigenvalue weighted by Gasteiger charge is 2.14. The molecule has 0 radical (unpaired) electrons. The molecule has 9 nitrogen and oxygen atoms in total. The molecule has 3 aromatic heterocycles. The molecule has 130 valence electrons. The van der Waals surface area contributed by atoms with E-state index in [1.165, 1.54) is 4.52 Å². The molecule has 9 heteroatoms. The highest BCUT2D eigenvalue weighted by molar-refractivity contribution is 5.92. The third-order valence-electron chi connectivity index (χ3n) is 3.92. The first-order chi connectivity index (χ1) is 11.9. The second-order valence-electron chi connectivity index (χ2n) is 5.79. The van der Waals surface area contributed by atoms with E-state index in [4.69, 9.17) is 0 Å². The summed E-state index contributed by atoms with van der Waals surface area (Å²) >= 11 is 0. The molecular formula is C16H20N8O. The predicted molar refractivity (Wildman–Crippen MR) is 92.7 cm³/mol. The van der Waals surface area contributed by atoms with Crippen molar-refractivity contribution in [2.75, 3.05) is 0 Å². The maximum atomic E-state index is 12.2.